The van der Waals surface area contributed by atoms with Crippen molar-refractivity contribution in [1.29, 1.82) is 0 Å². The number of aliphatic carboxylic acids is 1. The number of amides is 2. The SMILES string of the molecule is CC1CC(C(=O)O)CN(C(=O)Nc2cc(C(C)(C)C)nn2C(C)(C)C)C1. The minimum absolute atomic E-state index is 0.135. The summed E-state index contributed by atoms with van der Waals surface area (Å²) in [5.41, 5.74) is 0.479. The van der Waals surface area contributed by atoms with Gasteiger partial charge in [0.05, 0.1) is 17.2 Å². The van der Waals surface area contributed by atoms with E-state index >= 15 is 0 Å². The molecule has 2 unspecified atom stereocenters. The Bertz CT molecular complexity index is 682. The lowest BCUT2D eigenvalue weighted by Gasteiger charge is -2.34. The molecule has 2 heterocycles. The second kappa shape index (κ2) is 6.93. The van der Waals surface area contributed by atoms with Crippen molar-refractivity contribution in [2.45, 2.75) is 65.8 Å². The normalized spacial score (nSPS) is 21.6. The third-order valence-corrected chi connectivity index (χ3v) is 4.64. The van der Waals surface area contributed by atoms with Crippen LogP contribution in [-0.2, 0) is 15.7 Å². The molecule has 0 radical (unpaired) electrons. The molecule has 1 saturated heterocycles. The van der Waals surface area contributed by atoms with E-state index in [-0.39, 0.29) is 29.4 Å². The predicted molar refractivity (Wildman–Crippen MR) is 101 cm³/mol. The molecule has 0 bridgehead atoms. The van der Waals surface area contributed by atoms with Crippen LogP contribution < -0.4 is 5.32 Å². The summed E-state index contributed by atoms with van der Waals surface area (Å²) in [7, 11) is 0. The molecule has 26 heavy (non-hydrogen) atoms. The van der Waals surface area contributed by atoms with Gasteiger partial charge in [0.2, 0.25) is 0 Å². The fraction of sp³-hybridized carbons (Fsp3) is 0.737. The lowest BCUT2D eigenvalue weighted by atomic mass is 9.91. The van der Waals surface area contributed by atoms with E-state index in [2.05, 4.69) is 26.1 Å². The van der Waals surface area contributed by atoms with Gasteiger partial charge in [-0.15, -0.1) is 0 Å². The molecule has 2 rings (SSSR count). The largest absolute Gasteiger partial charge is 0.481 e. The Morgan fingerprint density at radius 1 is 1.19 bits per heavy atom. The zero-order chi connectivity index (χ0) is 19.9. The van der Waals surface area contributed by atoms with E-state index in [1.807, 2.05) is 38.4 Å². The minimum atomic E-state index is -0.843. The van der Waals surface area contributed by atoms with Crippen LogP contribution in [0.25, 0.3) is 0 Å². The maximum Gasteiger partial charge on any atom is 0.323 e. The number of anilines is 1. The number of nitrogens with zero attached hydrogens (tertiary/aromatic N) is 3. The van der Waals surface area contributed by atoms with E-state index in [9.17, 15) is 14.7 Å². The molecule has 2 atom stereocenters. The fourth-order valence-electron chi connectivity index (χ4n) is 3.23. The molecule has 1 aromatic rings. The van der Waals surface area contributed by atoms with Gasteiger partial charge < -0.3 is 10.0 Å². The van der Waals surface area contributed by atoms with Gasteiger partial charge in [-0.25, -0.2) is 9.48 Å². The Morgan fingerprint density at radius 3 is 2.31 bits per heavy atom. The standard InChI is InChI=1S/C19H32N4O3/c1-12-8-13(16(24)25)11-22(10-12)17(26)20-15-9-14(18(2,3)4)21-23(15)19(5,6)7/h9,12-13H,8,10-11H2,1-7H3,(H,20,26)(H,24,25). The molecule has 1 fully saturated rings. The molecule has 7 nitrogen and oxygen atoms in total. The molecule has 0 saturated carbocycles. The summed E-state index contributed by atoms with van der Waals surface area (Å²) in [6.07, 6.45) is 0.604. The van der Waals surface area contributed by atoms with Gasteiger partial charge in [0.25, 0.3) is 0 Å². The number of piperidine rings is 1. The zero-order valence-electron chi connectivity index (χ0n) is 17.0. The maximum atomic E-state index is 12.8. The average molecular weight is 364 g/mol. The summed E-state index contributed by atoms with van der Waals surface area (Å²) >= 11 is 0. The van der Waals surface area contributed by atoms with E-state index in [0.717, 1.165) is 5.69 Å². The topological polar surface area (TPSA) is 87.5 Å². The van der Waals surface area contributed by atoms with Crippen LogP contribution in [0.2, 0.25) is 0 Å². The molecular formula is C19H32N4O3. The average Bonchev–Trinajstić information content (AvgIpc) is 2.90. The molecule has 0 aliphatic carbocycles. The molecule has 2 N–H and O–H groups in total. The minimum Gasteiger partial charge on any atom is -0.481 e. The lowest BCUT2D eigenvalue weighted by Crippen LogP contribution is -2.47. The Kier molecular flexibility index (Phi) is 5.40. The van der Waals surface area contributed by atoms with Gasteiger partial charge in [-0.2, -0.15) is 5.10 Å². The van der Waals surface area contributed by atoms with Crippen molar-refractivity contribution in [2.75, 3.05) is 18.4 Å². The highest BCUT2D eigenvalue weighted by molar-refractivity contribution is 5.89. The van der Waals surface area contributed by atoms with E-state index in [1.165, 1.54) is 0 Å². The number of nitrogens with one attached hydrogen (secondary N) is 1. The second-order valence-electron chi connectivity index (χ2n) is 9.46. The van der Waals surface area contributed by atoms with Crippen LogP contribution in [0.1, 0.15) is 60.6 Å². The third kappa shape index (κ3) is 4.56. The highest BCUT2D eigenvalue weighted by Gasteiger charge is 2.33. The number of rotatable bonds is 2. The van der Waals surface area contributed by atoms with Crippen LogP contribution >= 0.6 is 0 Å². The number of aromatic nitrogens is 2. The van der Waals surface area contributed by atoms with Gasteiger partial charge in [-0.1, -0.05) is 27.7 Å². The van der Waals surface area contributed by atoms with Gasteiger partial charge in [0, 0.05) is 24.6 Å². The first-order chi connectivity index (χ1) is 11.8. The summed E-state index contributed by atoms with van der Waals surface area (Å²) in [4.78, 5) is 25.8. The number of hydrogen-bond acceptors (Lipinski definition) is 3. The monoisotopic (exact) mass is 364 g/mol. The Labute approximate surface area is 155 Å². The molecule has 1 aromatic heterocycles. The highest BCUT2D eigenvalue weighted by Crippen LogP contribution is 2.29. The predicted octanol–water partition coefficient (Wildman–Crippen LogP) is 3.51. The van der Waals surface area contributed by atoms with Gasteiger partial charge in [0.15, 0.2) is 0 Å². The van der Waals surface area contributed by atoms with Crippen molar-refractivity contribution < 1.29 is 14.7 Å². The second-order valence-corrected chi connectivity index (χ2v) is 9.46. The summed E-state index contributed by atoms with van der Waals surface area (Å²) in [5, 5.41) is 17.0. The molecule has 0 spiro atoms. The molecule has 7 heteroatoms. The van der Waals surface area contributed by atoms with Crippen molar-refractivity contribution in [1.82, 2.24) is 14.7 Å². The van der Waals surface area contributed by atoms with Gasteiger partial charge >= 0.3 is 12.0 Å². The number of carbonyl (C=O) groups excluding carboxylic acids is 1. The van der Waals surface area contributed by atoms with Crippen molar-refractivity contribution >= 4 is 17.8 Å². The van der Waals surface area contributed by atoms with E-state index in [0.29, 0.717) is 18.8 Å². The first kappa shape index (κ1) is 20.3. The molecule has 1 aliphatic heterocycles. The summed E-state index contributed by atoms with van der Waals surface area (Å²) in [6, 6.07) is 1.64. The van der Waals surface area contributed by atoms with Crippen molar-refractivity contribution in [3.8, 4) is 0 Å². The number of carboxylic acids is 1. The smallest absolute Gasteiger partial charge is 0.323 e. The van der Waals surface area contributed by atoms with Gasteiger partial charge in [-0.3, -0.25) is 10.1 Å². The molecule has 0 aromatic carbocycles. The van der Waals surface area contributed by atoms with Crippen LogP contribution in [0.3, 0.4) is 0 Å². The molecule has 146 valence electrons. The summed E-state index contributed by atoms with van der Waals surface area (Å²) in [5.74, 6) is -0.558. The number of urea groups is 1. The van der Waals surface area contributed by atoms with Crippen LogP contribution in [0, 0.1) is 11.8 Å². The van der Waals surface area contributed by atoms with Crippen LogP contribution in [0.5, 0.6) is 0 Å². The van der Waals surface area contributed by atoms with E-state index < -0.39 is 11.9 Å². The number of hydrogen-bond donors (Lipinski definition) is 2. The quantitative estimate of drug-likeness (QED) is 0.840. The Hall–Kier alpha value is -2.05. The van der Waals surface area contributed by atoms with Crippen molar-refractivity contribution in [2.24, 2.45) is 11.8 Å². The number of carbonyl (C=O) groups is 2. The summed E-state index contributed by atoms with van der Waals surface area (Å²) in [6.45, 7) is 15.1. The molecular weight excluding hydrogens is 332 g/mol. The Balaban J connectivity index is 2.25. The van der Waals surface area contributed by atoms with E-state index in [4.69, 9.17) is 5.10 Å². The fourth-order valence-corrected chi connectivity index (χ4v) is 3.23. The summed E-state index contributed by atoms with van der Waals surface area (Å²) < 4.78 is 1.83. The van der Waals surface area contributed by atoms with Gasteiger partial charge in [0.1, 0.15) is 5.82 Å². The molecule has 1 aliphatic rings. The first-order valence-electron chi connectivity index (χ1n) is 9.19. The maximum absolute atomic E-state index is 12.8. The van der Waals surface area contributed by atoms with Crippen LogP contribution in [0.4, 0.5) is 10.6 Å². The number of likely N-dealkylation sites (tertiary alicyclic amines) is 1. The molecule has 2 amide bonds. The Morgan fingerprint density at radius 2 is 1.81 bits per heavy atom. The van der Waals surface area contributed by atoms with Gasteiger partial charge in [-0.05, 0) is 33.1 Å². The van der Waals surface area contributed by atoms with Crippen LogP contribution in [0.15, 0.2) is 6.07 Å². The van der Waals surface area contributed by atoms with E-state index in [1.54, 1.807) is 4.90 Å². The highest BCUT2D eigenvalue weighted by atomic mass is 16.4. The number of carboxylic acid groups (broad SMARTS) is 1. The van der Waals surface area contributed by atoms with Crippen molar-refractivity contribution in [3.05, 3.63) is 11.8 Å². The first-order valence-corrected chi connectivity index (χ1v) is 9.19. The lowest BCUT2D eigenvalue weighted by molar-refractivity contribution is -0.143. The van der Waals surface area contributed by atoms with Crippen molar-refractivity contribution in [3.63, 3.8) is 0 Å². The third-order valence-electron chi connectivity index (χ3n) is 4.64. The zero-order valence-corrected chi connectivity index (χ0v) is 17.0. The van der Waals surface area contributed by atoms with Crippen LogP contribution in [-0.4, -0.2) is 44.9 Å².